The van der Waals surface area contributed by atoms with Crippen molar-refractivity contribution < 1.29 is 27.8 Å². The maximum atomic E-state index is 12.0. The average Bonchev–Trinajstić information content (AvgIpc) is 2.44. The molecule has 1 aromatic heterocycles. The van der Waals surface area contributed by atoms with E-state index in [-0.39, 0.29) is 22.6 Å². The van der Waals surface area contributed by atoms with Crippen molar-refractivity contribution in [2.24, 2.45) is 4.99 Å². The van der Waals surface area contributed by atoms with Crippen LogP contribution in [0.2, 0.25) is 0 Å². The smallest absolute Gasteiger partial charge is 0.351 e. The second kappa shape index (κ2) is 7.00. The number of sulfonamides is 1. The van der Waals surface area contributed by atoms with E-state index in [0.717, 1.165) is 13.2 Å². The third kappa shape index (κ3) is 4.28. The monoisotopic (exact) mass is 380 g/mol. The zero-order valence-electron chi connectivity index (χ0n) is 14.1. The summed E-state index contributed by atoms with van der Waals surface area (Å²) in [6, 6.07) is 6.01. The SMILES string of the molecule is CC(=O)c1c(O)oc(=O)c(C(C)=Nc2cccc(NS(C)(=O)=O)c2)c1O. The van der Waals surface area contributed by atoms with Crippen molar-refractivity contribution in [3.8, 4) is 11.7 Å². The highest BCUT2D eigenvalue weighted by Crippen LogP contribution is 2.29. The van der Waals surface area contributed by atoms with Crippen LogP contribution in [0.3, 0.4) is 0 Å². The van der Waals surface area contributed by atoms with Crippen molar-refractivity contribution in [3.63, 3.8) is 0 Å². The minimum atomic E-state index is -3.48. The van der Waals surface area contributed by atoms with Gasteiger partial charge in [-0.15, -0.1) is 0 Å². The molecule has 0 amide bonds. The van der Waals surface area contributed by atoms with Crippen molar-refractivity contribution >= 4 is 32.9 Å². The molecule has 0 spiro atoms. The first-order chi connectivity index (χ1) is 12.0. The van der Waals surface area contributed by atoms with E-state index in [4.69, 9.17) is 0 Å². The Morgan fingerprint density at radius 1 is 1.19 bits per heavy atom. The number of hydrogen-bond donors (Lipinski definition) is 3. The number of rotatable bonds is 5. The molecule has 0 atom stereocenters. The predicted octanol–water partition coefficient (Wildman–Crippen LogP) is 1.77. The Morgan fingerprint density at radius 3 is 2.42 bits per heavy atom. The molecular formula is C16H16N2O7S. The van der Waals surface area contributed by atoms with Gasteiger partial charge in [0.05, 0.1) is 23.3 Å². The zero-order chi connectivity index (χ0) is 19.6. The Balaban J connectivity index is 2.55. The molecular weight excluding hydrogens is 364 g/mol. The van der Waals surface area contributed by atoms with Gasteiger partial charge >= 0.3 is 5.63 Å². The molecule has 0 aliphatic carbocycles. The van der Waals surface area contributed by atoms with Crippen molar-refractivity contribution in [1.29, 1.82) is 0 Å². The molecule has 2 aromatic rings. The van der Waals surface area contributed by atoms with Crippen molar-refractivity contribution in [2.75, 3.05) is 11.0 Å². The van der Waals surface area contributed by atoms with Crippen molar-refractivity contribution in [2.45, 2.75) is 13.8 Å². The number of carbonyl (C=O) groups is 1. The fourth-order valence-corrected chi connectivity index (χ4v) is 2.81. The fraction of sp³-hybridized carbons (Fsp3) is 0.188. The standard InChI is InChI=1S/C16H16N2O7S/c1-8(12-14(20)13(9(2)19)16(22)25-15(12)21)17-10-5-4-6-11(7-10)18-26(3,23)24/h4-7,18,20,22H,1-3H3. The first kappa shape index (κ1) is 19.2. The molecule has 0 aliphatic heterocycles. The average molecular weight is 380 g/mol. The summed E-state index contributed by atoms with van der Waals surface area (Å²) in [7, 11) is -3.48. The highest BCUT2D eigenvalue weighted by Gasteiger charge is 2.23. The molecule has 0 unspecified atom stereocenters. The first-order valence-corrected chi connectivity index (χ1v) is 9.12. The van der Waals surface area contributed by atoms with Crippen LogP contribution >= 0.6 is 0 Å². The summed E-state index contributed by atoms with van der Waals surface area (Å²) < 4.78 is 29.4. The highest BCUT2D eigenvalue weighted by molar-refractivity contribution is 7.92. The summed E-state index contributed by atoms with van der Waals surface area (Å²) in [4.78, 5) is 27.6. The van der Waals surface area contributed by atoms with Gasteiger partial charge in [-0.2, -0.15) is 0 Å². The molecule has 0 saturated carbocycles. The third-order valence-corrected chi connectivity index (χ3v) is 3.85. The van der Waals surface area contributed by atoms with Crippen LogP contribution in [0.15, 0.2) is 38.5 Å². The van der Waals surface area contributed by atoms with Gasteiger partial charge in [-0.25, -0.2) is 13.2 Å². The minimum absolute atomic E-state index is 0.00950. The lowest BCUT2D eigenvalue weighted by Crippen LogP contribution is -2.15. The van der Waals surface area contributed by atoms with Crippen LogP contribution in [0, 0.1) is 0 Å². The molecule has 10 heteroatoms. The molecule has 138 valence electrons. The van der Waals surface area contributed by atoms with Gasteiger partial charge in [0.2, 0.25) is 10.0 Å². The van der Waals surface area contributed by atoms with Crippen LogP contribution in [-0.2, 0) is 10.0 Å². The molecule has 3 N–H and O–H groups in total. The lowest BCUT2D eigenvalue weighted by Gasteiger charge is -2.08. The number of anilines is 1. The number of nitrogens with zero attached hydrogens (tertiary/aromatic N) is 1. The van der Waals surface area contributed by atoms with E-state index in [1.54, 1.807) is 12.1 Å². The Labute approximate surface area is 148 Å². The van der Waals surface area contributed by atoms with Crippen molar-refractivity contribution in [3.05, 3.63) is 45.8 Å². The number of benzene rings is 1. The highest BCUT2D eigenvalue weighted by atomic mass is 32.2. The molecule has 0 aliphatic rings. The van der Waals surface area contributed by atoms with Gasteiger partial charge in [0.15, 0.2) is 5.78 Å². The van der Waals surface area contributed by atoms with Crippen LogP contribution in [0.5, 0.6) is 11.7 Å². The van der Waals surface area contributed by atoms with E-state index in [0.29, 0.717) is 0 Å². The molecule has 0 saturated heterocycles. The number of aliphatic imine (C=N–C) groups is 1. The molecule has 0 bridgehead atoms. The molecule has 0 radical (unpaired) electrons. The first-order valence-electron chi connectivity index (χ1n) is 7.23. The predicted molar refractivity (Wildman–Crippen MR) is 95.1 cm³/mol. The number of nitrogens with one attached hydrogen (secondary N) is 1. The number of aromatic hydroxyl groups is 2. The van der Waals surface area contributed by atoms with E-state index in [2.05, 4.69) is 14.1 Å². The number of ketones is 1. The van der Waals surface area contributed by atoms with Crippen LogP contribution < -0.4 is 10.3 Å². The molecule has 1 heterocycles. The Morgan fingerprint density at radius 2 is 1.85 bits per heavy atom. The molecule has 26 heavy (non-hydrogen) atoms. The van der Waals surface area contributed by atoms with Gasteiger partial charge < -0.3 is 14.6 Å². The van der Waals surface area contributed by atoms with Gasteiger partial charge in [0.25, 0.3) is 5.95 Å². The largest absolute Gasteiger partial charge is 0.506 e. The van der Waals surface area contributed by atoms with Gasteiger partial charge in [0.1, 0.15) is 16.9 Å². The van der Waals surface area contributed by atoms with E-state index in [9.17, 15) is 28.2 Å². The van der Waals surface area contributed by atoms with Crippen LogP contribution in [0.1, 0.15) is 29.8 Å². The second-order valence-corrected chi connectivity index (χ2v) is 7.22. The topological polar surface area (TPSA) is 146 Å². The lowest BCUT2D eigenvalue weighted by molar-refractivity contribution is 0.100. The van der Waals surface area contributed by atoms with Crippen LogP contribution in [0.4, 0.5) is 11.4 Å². The number of carbonyl (C=O) groups excluding carboxylic acids is 1. The molecule has 2 rings (SSSR count). The van der Waals surface area contributed by atoms with Gasteiger partial charge in [-0.05, 0) is 32.0 Å². The molecule has 0 fully saturated rings. The zero-order valence-corrected chi connectivity index (χ0v) is 14.9. The quantitative estimate of drug-likeness (QED) is 0.529. The summed E-state index contributed by atoms with van der Waals surface area (Å²) in [6.07, 6.45) is 0.997. The summed E-state index contributed by atoms with van der Waals surface area (Å²) >= 11 is 0. The van der Waals surface area contributed by atoms with Gasteiger partial charge in [-0.3, -0.25) is 14.5 Å². The van der Waals surface area contributed by atoms with Crippen molar-refractivity contribution in [1.82, 2.24) is 0 Å². The number of Topliss-reactive ketones (excluding diaryl/α,β-unsaturated/α-hetero) is 1. The maximum absolute atomic E-state index is 12.0. The second-order valence-electron chi connectivity index (χ2n) is 5.47. The summed E-state index contributed by atoms with van der Waals surface area (Å²) in [6.45, 7) is 2.48. The summed E-state index contributed by atoms with van der Waals surface area (Å²) in [5, 5.41) is 19.7. The lowest BCUT2D eigenvalue weighted by atomic mass is 10.1. The maximum Gasteiger partial charge on any atom is 0.351 e. The van der Waals surface area contributed by atoms with E-state index in [1.165, 1.54) is 19.1 Å². The minimum Gasteiger partial charge on any atom is -0.506 e. The van der Waals surface area contributed by atoms with Crippen LogP contribution in [0.25, 0.3) is 0 Å². The van der Waals surface area contributed by atoms with Gasteiger partial charge in [0, 0.05) is 0 Å². The van der Waals surface area contributed by atoms with E-state index in [1.807, 2.05) is 0 Å². The Hall–Kier alpha value is -3.14. The summed E-state index contributed by atoms with van der Waals surface area (Å²) in [5.41, 5.74) is -1.43. The van der Waals surface area contributed by atoms with Crippen LogP contribution in [-0.4, -0.2) is 36.4 Å². The third-order valence-electron chi connectivity index (χ3n) is 3.24. The fourth-order valence-electron chi connectivity index (χ4n) is 2.25. The van der Waals surface area contributed by atoms with E-state index >= 15 is 0 Å². The Bertz CT molecular complexity index is 1070. The van der Waals surface area contributed by atoms with E-state index < -0.39 is 38.7 Å². The molecule has 1 aromatic carbocycles. The Kier molecular flexibility index (Phi) is 5.17. The summed E-state index contributed by atoms with van der Waals surface area (Å²) in [5.74, 6) is -2.41. The van der Waals surface area contributed by atoms with Gasteiger partial charge in [-0.1, -0.05) is 6.07 Å². The number of hydrogen-bond acceptors (Lipinski definition) is 8. The molecule has 9 nitrogen and oxygen atoms in total. The normalized spacial score (nSPS) is 12.0.